The molecule has 0 aromatic heterocycles. The van der Waals surface area contributed by atoms with Crippen LogP contribution in [0, 0.1) is 5.92 Å². The molecule has 0 bridgehead atoms. The molecule has 1 saturated heterocycles. The first-order valence-corrected chi connectivity index (χ1v) is 6.94. The van der Waals surface area contributed by atoms with Crippen LogP contribution in [0.2, 0.25) is 0 Å². The molecule has 2 rings (SSSR count). The zero-order valence-electron chi connectivity index (χ0n) is 11.7. The molecule has 0 radical (unpaired) electrons. The molecule has 1 fully saturated rings. The van der Waals surface area contributed by atoms with E-state index in [2.05, 4.69) is 17.1 Å². The van der Waals surface area contributed by atoms with Crippen LogP contribution in [0.25, 0.3) is 0 Å². The molecule has 4 heteroatoms. The van der Waals surface area contributed by atoms with Crippen molar-refractivity contribution in [1.29, 1.82) is 0 Å². The molecule has 4 nitrogen and oxygen atoms in total. The molecule has 2 atom stereocenters. The van der Waals surface area contributed by atoms with E-state index in [0.29, 0.717) is 12.5 Å². The third-order valence-corrected chi connectivity index (χ3v) is 3.81. The zero-order valence-corrected chi connectivity index (χ0v) is 11.7. The minimum atomic E-state index is -0.0773. The van der Waals surface area contributed by atoms with E-state index in [9.17, 15) is 4.79 Å². The zero-order chi connectivity index (χ0) is 13.8. The van der Waals surface area contributed by atoms with E-state index >= 15 is 0 Å². The predicted molar refractivity (Wildman–Crippen MR) is 77.8 cm³/mol. The van der Waals surface area contributed by atoms with Crippen LogP contribution in [-0.4, -0.2) is 29.9 Å². The molecule has 1 heterocycles. The molecule has 1 aromatic carbocycles. The summed E-state index contributed by atoms with van der Waals surface area (Å²) in [6.45, 7) is 6.72. The van der Waals surface area contributed by atoms with Gasteiger partial charge in [-0.3, -0.25) is 9.69 Å². The average molecular weight is 261 g/mol. The van der Waals surface area contributed by atoms with Crippen LogP contribution in [0.5, 0.6) is 0 Å². The van der Waals surface area contributed by atoms with E-state index in [1.54, 1.807) is 0 Å². The molecule has 0 spiro atoms. The third-order valence-electron chi connectivity index (χ3n) is 3.81. The van der Waals surface area contributed by atoms with Crippen molar-refractivity contribution in [2.45, 2.75) is 32.9 Å². The second-order valence-corrected chi connectivity index (χ2v) is 5.46. The van der Waals surface area contributed by atoms with Gasteiger partial charge in [-0.15, -0.1) is 0 Å². The Balaban J connectivity index is 1.96. The van der Waals surface area contributed by atoms with Gasteiger partial charge in [-0.25, -0.2) is 0 Å². The maximum absolute atomic E-state index is 12.2. The molecule has 1 aromatic rings. The summed E-state index contributed by atoms with van der Waals surface area (Å²) >= 11 is 0. The number of benzene rings is 1. The van der Waals surface area contributed by atoms with Crippen molar-refractivity contribution in [3.63, 3.8) is 0 Å². The quantitative estimate of drug-likeness (QED) is 0.869. The van der Waals surface area contributed by atoms with Crippen LogP contribution in [-0.2, 0) is 11.3 Å². The molecule has 0 aliphatic carbocycles. The lowest BCUT2D eigenvalue weighted by molar-refractivity contribution is -0.120. The summed E-state index contributed by atoms with van der Waals surface area (Å²) in [4.78, 5) is 14.5. The Bertz CT molecular complexity index is 447. The number of nitrogens with one attached hydrogen (secondary N) is 1. The van der Waals surface area contributed by atoms with Gasteiger partial charge in [0.2, 0.25) is 5.91 Å². The highest BCUT2D eigenvalue weighted by Gasteiger charge is 2.27. The van der Waals surface area contributed by atoms with Crippen molar-refractivity contribution in [3.05, 3.63) is 29.8 Å². The fraction of sp³-hybridized carbons (Fsp3) is 0.533. The van der Waals surface area contributed by atoms with Crippen LogP contribution in [0.1, 0.15) is 25.8 Å². The van der Waals surface area contributed by atoms with Crippen LogP contribution < -0.4 is 11.1 Å². The van der Waals surface area contributed by atoms with Gasteiger partial charge in [-0.1, -0.05) is 19.1 Å². The molecule has 2 unspecified atom stereocenters. The van der Waals surface area contributed by atoms with Crippen molar-refractivity contribution in [3.8, 4) is 0 Å². The van der Waals surface area contributed by atoms with Crippen molar-refractivity contribution in [2.75, 3.05) is 18.4 Å². The number of amides is 1. The second kappa shape index (κ2) is 6.17. The first kappa shape index (κ1) is 14.0. The Hall–Kier alpha value is -1.39. The first-order chi connectivity index (χ1) is 9.10. The number of carbonyl (C=O) groups excluding carboxylic acids is 1. The lowest BCUT2D eigenvalue weighted by atomic mass is 10.2. The van der Waals surface area contributed by atoms with E-state index in [4.69, 9.17) is 5.73 Å². The summed E-state index contributed by atoms with van der Waals surface area (Å²) in [6, 6.07) is 7.63. The van der Waals surface area contributed by atoms with Crippen molar-refractivity contribution < 1.29 is 4.79 Å². The van der Waals surface area contributed by atoms with Crippen molar-refractivity contribution in [2.24, 2.45) is 11.7 Å². The molecule has 0 saturated carbocycles. The lowest BCUT2D eigenvalue weighted by Crippen LogP contribution is -2.40. The predicted octanol–water partition coefficient (Wildman–Crippen LogP) is 1.81. The Morgan fingerprint density at radius 3 is 3.00 bits per heavy atom. The maximum atomic E-state index is 12.2. The fourth-order valence-electron chi connectivity index (χ4n) is 2.51. The van der Waals surface area contributed by atoms with Crippen LogP contribution in [0.15, 0.2) is 24.3 Å². The summed E-state index contributed by atoms with van der Waals surface area (Å²) < 4.78 is 0. The third kappa shape index (κ3) is 3.55. The van der Waals surface area contributed by atoms with Gasteiger partial charge >= 0.3 is 0 Å². The minimum absolute atomic E-state index is 0.0586. The molecule has 1 aliphatic rings. The smallest absolute Gasteiger partial charge is 0.241 e. The summed E-state index contributed by atoms with van der Waals surface area (Å²) in [5.41, 5.74) is 7.46. The van der Waals surface area contributed by atoms with Gasteiger partial charge in [-0.2, -0.15) is 0 Å². The fourth-order valence-corrected chi connectivity index (χ4v) is 2.51. The Kier molecular flexibility index (Phi) is 4.56. The van der Waals surface area contributed by atoms with Gasteiger partial charge < -0.3 is 11.1 Å². The van der Waals surface area contributed by atoms with Crippen LogP contribution >= 0.6 is 0 Å². The number of hydrogen-bond acceptors (Lipinski definition) is 3. The molecule has 3 N–H and O–H groups in total. The monoisotopic (exact) mass is 261 g/mol. The van der Waals surface area contributed by atoms with Crippen molar-refractivity contribution >= 4 is 11.6 Å². The molecular weight excluding hydrogens is 238 g/mol. The van der Waals surface area contributed by atoms with Gasteiger partial charge in [0.15, 0.2) is 0 Å². The number of carbonyl (C=O) groups is 1. The Morgan fingerprint density at radius 2 is 2.37 bits per heavy atom. The molecule has 104 valence electrons. The molecular formula is C15H23N3O. The van der Waals surface area contributed by atoms with Crippen molar-refractivity contribution in [1.82, 2.24) is 4.90 Å². The highest BCUT2D eigenvalue weighted by molar-refractivity contribution is 5.94. The van der Waals surface area contributed by atoms with E-state index in [-0.39, 0.29) is 11.9 Å². The number of nitrogens with two attached hydrogens (primary N) is 1. The van der Waals surface area contributed by atoms with Gasteiger partial charge in [0.05, 0.1) is 6.04 Å². The normalized spacial score (nSPS) is 21.3. The van der Waals surface area contributed by atoms with Gasteiger partial charge in [0.25, 0.3) is 0 Å². The average Bonchev–Trinajstić information content (AvgIpc) is 2.84. The van der Waals surface area contributed by atoms with Crippen LogP contribution in [0.3, 0.4) is 0 Å². The number of likely N-dealkylation sites (tertiary alicyclic amines) is 1. The molecule has 1 amide bonds. The Morgan fingerprint density at radius 1 is 1.58 bits per heavy atom. The highest BCUT2D eigenvalue weighted by Crippen LogP contribution is 2.19. The van der Waals surface area contributed by atoms with Crippen LogP contribution in [0.4, 0.5) is 5.69 Å². The van der Waals surface area contributed by atoms with Gasteiger partial charge in [0, 0.05) is 18.8 Å². The summed E-state index contributed by atoms with van der Waals surface area (Å²) in [6.07, 6.45) is 1.18. The number of anilines is 1. The maximum Gasteiger partial charge on any atom is 0.241 e. The van der Waals surface area contributed by atoms with E-state index in [1.165, 1.54) is 6.42 Å². The van der Waals surface area contributed by atoms with E-state index in [1.807, 2.05) is 31.2 Å². The van der Waals surface area contributed by atoms with Gasteiger partial charge in [0.1, 0.15) is 0 Å². The molecule has 1 aliphatic heterocycles. The number of hydrogen-bond donors (Lipinski definition) is 2. The second-order valence-electron chi connectivity index (χ2n) is 5.46. The largest absolute Gasteiger partial charge is 0.326 e. The Labute approximate surface area is 115 Å². The number of nitrogens with zero attached hydrogens (tertiary/aromatic N) is 1. The minimum Gasteiger partial charge on any atom is -0.326 e. The summed E-state index contributed by atoms with van der Waals surface area (Å²) in [5.74, 6) is 0.749. The highest BCUT2D eigenvalue weighted by atomic mass is 16.2. The topological polar surface area (TPSA) is 58.4 Å². The lowest BCUT2D eigenvalue weighted by Gasteiger charge is -2.23. The van der Waals surface area contributed by atoms with E-state index in [0.717, 1.165) is 24.3 Å². The first-order valence-electron chi connectivity index (χ1n) is 6.94. The van der Waals surface area contributed by atoms with Gasteiger partial charge in [-0.05, 0) is 43.5 Å². The summed E-state index contributed by atoms with van der Waals surface area (Å²) in [5, 5.41) is 2.97. The summed E-state index contributed by atoms with van der Waals surface area (Å²) in [7, 11) is 0. The molecule has 19 heavy (non-hydrogen) atoms. The number of rotatable bonds is 4. The standard InChI is InChI=1S/C15H23N3O/c1-11-6-7-18(10-11)12(2)15(19)17-14-5-3-4-13(8-14)9-16/h3-5,8,11-12H,6-7,9-10,16H2,1-2H3,(H,17,19). The SMILES string of the molecule is CC1CCN(C(C)C(=O)Nc2cccc(CN)c2)C1. The van der Waals surface area contributed by atoms with E-state index < -0.39 is 0 Å².